The van der Waals surface area contributed by atoms with Gasteiger partial charge in [-0.05, 0) is 23.1 Å². The van der Waals surface area contributed by atoms with Crippen LogP contribution in [0.4, 0.5) is 0 Å². The van der Waals surface area contributed by atoms with E-state index in [1.807, 2.05) is 0 Å². The number of carbonyl (C=O) groups excluding carboxylic acids is 1. The highest BCUT2D eigenvalue weighted by Crippen LogP contribution is 2.54. The molecule has 17 heavy (non-hydrogen) atoms. The van der Waals surface area contributed by atoms with E-state index in [-0.39, 0.29) is 21.9 Å². The smallest absolute Gasteiger partial charge is 0.330 e. The molecule has 5 atom stereocenters. The number of rotatable bonds is 4. The normalized spacial score (nSPS) is 39.5. The maximum absolute atomic E-state index is 11.3. The summed E-state index contributed by atoms with van der Waals surface area (Å²) in [5.74, 6) is -0.00364. The van der Waals surface area contributed by atoms with Crippen LogP contribution >= 0.6 is 22.6 Å². The Morgan fingerprint density at radius 3 is 2.88 bits per heavy atom. The standard InChI is InChI=1S/C10H14O4S3/c1-3-7(11)14-8-9-5(2)4-6(15-9)10(8)16-17(12)13/h3,5-6,8-10,17H,1,4H2,2H3. The summed E-state index contributed by atoms with van der Waals surface area (Å²) < 4.78 is 27.0. The summed E-state index contributed by atoms with van der Waals surface area (Å²) in [7, 11) is -1.60. The van der Waals surface area contributed by atoms with Crippen molar-refractivity contribution >= 4 is 38.3 Å². The molecule has 0 aromatic heterocycles. The van der Waals surface area contributed by atoms with Gasteiger partial charge in [0.1, 0.15) is 6.10 Å². The molecule has 4 nitrogen and oxygen atoms in total. The average molecular weight is 294 g/mol. The molecule has 0 saturated carbocycles. The van der Waals surface area contributed by atoms with E-state index in [2.05, 4.69) is 13.5 Å². The molecule has 5 unspecified atom stereocenters. The van der Waals surface area contributed by atoms with Gasteiger partial charge in [-0.15, -0.1) is 11.8 Å². The van der Waals surface area contributed by atoms with E-state index >= 15 is 0 Å². The maximum Gasteiger partial charge on any atom is 0.330 e. The van der Waals surface area contributed by atoms with E-state index in [0.29, 0.717) is 5.92 Å². The first-order chi connectivity index (χ1) is 8.02. The number of thioether (sulfide) groups is 1. The lowest BCUT2D eigenvalue weighted by Gasteiger charge is -2.30. The van der Waals surface area contributed by atoms with E-state index < -0.39 is 15.7 Å². The third-order valence-electron chi connectivity index (χ3n) is 3.14. The molecule has 0 aromatic rings. The van der Waals surface area contributed by atoms with Gasteiger partial charge in [0.05, 0.1) is 5.25 Å². The van der Waals surface area contributed by atoms with Gasteiger partial charge in [0.25, 0.3) is 0 Å². The van der Waals surface area contributed by atoms with Crippen LogP contribution < -0.4 is 0 Å². The van der Waals surface area contributed by atoms with Gasteiger partial charge in [0.2, 0.25) is 0 Å². The molecule has 2 fully saturated rings. The zero-order valence-electron chi connectivity index (χ0n) is 9.28. The van der Waals surface area contributed by atoms with Crippen molar-refractivity contribution in [3.8, 4) is 0 Å². The van der Waals surface area contributed by atoms with Crippen molar-refractivity contribution in [2.24, 2.45) is 5.92 Å². The van der Waals surface area contributed by atoms with Gasteiger partial charge in [-0.1, -0.05) is 13.5 Å². The molecule has 2 saturated heterocycles. The number of carbonyl (C=O) groups is 1. The predicted molar refractivity (Wildman–Crippen MR) is 70.7 cm³/mol. The maximum atomic E-state index is 11.3. The Morgan fingerprint density at radius 1 is 1.59 bits per heavy atom. The minimum absolute atomic E-state index is 0.133. The topological polar surface area (TPSA) is 60.4 Å². The SMILES string of the molecule is C=CC(=O)OC1C2SC(CC2C)C1S[SH](=O)=O. The Labute approximate surface area is 110 Å². The third kappa shape index (κ3) is 2.66. The molecule has 2 bridgehead atoms. The Kier molecular flexibility index (Phi) is 4.10. The zero-order valence-corrected chi connectivity index (χ0v) is 11.8. The van der Waals surface area contributed by atoms with Gasteiger partial charge in [-0.25, -0.2) is 13.2 Å². The van der Waals surface area contributed by atoms with Crippen molar-refractivity contribution in [1.29, 1.82) is 0 Å². The summed E-state index contributed by atoms with van der Waals surface area (Å²) in [6, 6.07) is 0. The zero-order chi connectivity index (χ0) is 12.6. The molecular weight excluding hydrogens is 280 g/mol. The van der Waals surface area contributed by atoms with Gasteiger partial charge >= 0.3 is 5.97 Å². The molecule has 2 aliphatic rings. The first-order valence-electron chi connectivity index (χ1n) is 5.32. The second kappa shape index (κ2) is 5.24. The minimum Gasteiger partial charge on any atom is -0.457 e. The average Bonchev–Trinajstić information content (AvgIpc) is 2.76. The molecular formula is C10H14O4S3. The number of esters is 1. The van der Waals surface area contributed by atoms with Crippen molar-refractivity contribution in [1.82, 2.24) is 0 Å². The monoisotopic (exact) mass is 294 g/mol. The predicted octanol–water partition coefficient (Wildman–Crippen LogP) is 1.24. The molecule has 0 aromatic carbocycles. The molecule has 0 amide bonds. The van der Waals surface area contributed by atoms with Crippen LogP contribution in [-0.2, 0) is 19.3 Å². The molecule has 0 spiro atoms. The number of ether oxygens (including phenoxy) is 1. The quantitative estimate of drug-likeness (QED) is 0.364. The molecule has 96 valence electrons. The van der Waals surface area contributed by atoms with Gasteiger partial charge in [0.15, 0.2) is 9.74 Å². The Morgan fingerprint density at radius 2 is 2.29 bits per heavy atom. The molecule has 0 aliphatic carbocycles. The number of hydrogen-bond donors (Lipinski definition) is 1. The summed E-state index contributed by atoms with van der Waals surface area (Å²) in [5.41, 5.74) is 0. The molecule has 0 N–H and O–H groups in total. The number of hydrogen-bond acceptors (Lipinski definition) is 6. The molecule has 2 aliphatic heterocycles. The van der Waals surface area contributed by atoms with Crippen LogP contribution in [0.1, 0.15) is 13.3 Å². The number of fused-ring (bicyclic) bond motifs is 2. The number of thiol groups is 1. The molecule has 2 rings (SSSR count). The van der Waals surface area contributed by atoms with Crippen LogP contribution in [0.5, 0.6) is 0 Å². The highest BCUT2D eigenvalue weighted by molar-refractivity contribution is 8.64. The summed E-state index contributed by atoms with van der Waals surface area (Å²) in [5, 5.41) is 0.359. The lowest BCUT2D eigenvalue weighted by atomic mass is 9.88. The summed E-state index contributed by atoms with van der Waals surface area (Å²) >= 11 is 1.75. The van der Waals surface area contributed by atoms with Gasteiger partial charge in [-0.3, -0.25) is 0 Å². The summed E-state index contributed by atoms with van der Waals surface area (Å²) in [6.07, 6.45) is 1.82. The lowest BCUT2D eigenvalue weighted by molar-refractivity contribution is -0.143. The van der Waals surface area contributed by atoms with Crippen molar-refractivity contribution in [3.05, 3.63) is 12.7 Å². The van der Waals surface area contributed by atoms with E-state index in [1.165, 1.54) is 0 Å². The van der Waals surface area contributed by atoms with Gasteiger partial charge in [0, 0.05) is 16.6 Å². The van der Waals surface area contributed by atoms with Crippen molar-refractivity contribution in [3.63, 3.8) is 0 Å². The molecule has 0 radical (unpaired) electrons. The van der Waals surface area contributed by atoms with Crippen molar-refractivity contribution in [2.75, 3.05) is 0 Å². The summed E-state index contributed by atoms with van der Waals surface area (Å²) in [4.78, 5) is 11.3. The van der Waals surface area contributed by atoms with Crippen LogP contribution in [0.25, 0.3) is 0 Å². The van der Waals surface area contributed by atoms with E-state index in [1.54, 1.807) is 11.8 Å². The lowest BCUT2D eigenvalue weighted by Crippen LogP contribution is -2.41. The fraction of sp³-hybridized carbons (Fsp3) is 0.700. The van der Waals surface area contributed by atoms with Crippen LogP contribution in [-0.4, -0.2) is 36.2 Å². The van der Waals surface area contributed by atoms with E-state index in [9.17, 15) is 13.2 Å². The van der Waals surface area contributed by atoms with Crippen LogP contribution in [0.2, 0.25) is 0 Å². The second-order valence-electron chi connectivity index (χ2n) is 4.25. The fourth-order valence-corrected chi connectivity index (χ4v) is 7.23. The Hall–Kier alpha value is -0.140. The highest BCUT2D eigenvalue weighted by Gasteiger charge is 2.54. The Bertz CT molecular complexity index is 398. The second-order valence-corrected chi connectivity index (χ2v) is 8.40. The Balaban J connectivity index is 2.13. The van der Waals surface area contributed by atoms with Gasteiger partial charge < -0.3 is 4.74 Å². The van der Waals surface area contributed by atoms with Crippen molar-refractivity contribution < 1.29 is 17.9 Å². The first kappa shape index (κ1) is 13.3. The first-order valence-corrected chi connectivity index (χ1v) is 8.93. The fourth-order valence-electron chi connectivity index (χ4n) is 2.45. The van der Waals surface area contributed by atoms with Crippen LogP contribution in [0, 0.1) is 5.92 Å². The van der Waals surface area contributed by atoms with Gasteiger partial charge in [-0.2, -0.15) is 0 Å². The minimum atomic E-state index is -2.51. The highest BCUT2D eigenvalue weighted by atomic mass is 33.1. The molecule has 2 heterocycles. The van der Waals surface area contributed by atoms with Crippen LogP contribution in [0.3, 0.4) is 0 Å². The van der Waals surface area contributed by atoms with Crippen LogP contribution in [0.15, 0.2) is 12.7 Å². The van der Waals surface area contributed by atoms with E-state index in [4.69, 9.17) is 4.74 Å². The molecule has 7 heteroatoms. The third-order valence-corrected chi connectivity index (χ3v) is 7.45. The summed E-state index contributed by atoms with van der Waals surface area (Å²) in [6.45, 7) is 5.48. The van der Waals surface area contributed by atoms with Crippen molar-refractivity contribution in [2.45, 2.75) is 35.2 Å². The largest absolute Gasteiger partial charge is 0.457 e. The van der Waals surface area contributed by atoms with E-state index in [0.717, 1.165) is 23.3 Å².